The van der Waals surface area contributed by atoms with E-state index in [0.29, 0.717) is 12.3 Å². The average molecular weight is 245 g/mol. The van der Waals surface area contributed by atoms with Crippen LogP contribution >= 0.6 is 0 Å². The fraction of sp³-hybridized carbons (Fsp3) is 0.917. The highest BCUT2D eigenvalue weighted by Crippen LogP contribution is 2.26. The van der Waals surface area contributed by atoms with Crippen LogP contribution in [0.2, 0.25) is 0 Å². The van der Waals surface area contributed by atoms with E-state index in [1.54, 1.807) is 0 Å². The van der Waals surface area contributed by atoms with E-state index in [2.05, 4.69) is 5.32 Å². The average Bonchev–Trinajstić information content (AvgIpc) is 2.37. The molecule has 0 aliphatic heterocycles. The summed E-state index contributed by atoms with van der Waals surface area (Å²) >= 11 is 0. The van der Waals surface area contributed by atoms with Crippen molar-refractivity contribution < 1.29 is 20.1 Å². The van der Waals surface area contributed by atoms with Crippen molar-refractivity contribution in [3.05, 3.63) is 0 Å². The first-order valence-corrected chi connectivity index (χ1v) is 6.29. The molecule has 0 saturated heterocycles. The molecular formula is C12H23NO4. The Morgan fingerprint density at radius 3 is 2.06 bits per heavy atom. The Labute approximate surface area is 102 Å². The number of nitrogens with one attached hydrogen (secondary N) is 1. The number of rotatable bonds is 6. The van der Waals surface area contributed by atoms with Crippen molar-refractivity contribution in [3.8, 4) is 0 Å². The number of carbonyl (C=O) groups is 1. The van der Waals surface area contributed by atoms with Crippen LogP contribution in [-0.2, 0) is 4.79 Å². The van der Waals surface area contributed by atoms with Crippen molar-refractivity contribution in [2.24, 2.45) is 5.92 Å². The first-order valence-electron chi connectivity index (χ1n) is 6.29. The lowest BCUT2D eigenvalue weighted by atomic mass is 9.86. The van der Waals surface area contributed by atoms with Gasteiger partial charge in [0.25, 0.3) is 0 Å². The molecule has 0 aromatic rings. The summed E-state index contributed by atoms with van der Waals surface area (Å²) in [5, 5.41) is 29.8. The normalized spacial score (nSPS) is 18.1. The largest absolute Gasteiger partial charge is 0.394 e. The second kappa shape index (κ2) is 6.93. The maximum Gasteiger partial charge on any atom is 0.220 e. The van der Waals surface area contributed by atoms with Crippen LogP contribution in [0.4, 0.5) is 0 Å². The highest BCUT2D eigenvalue weighted by atomic mass is 16.3. The van der Waals surface area contributed by atoms with Crippen LogP contribution in [0.3, 0.4) is 0 Å². The highest BCUT2D eigenvalue weighted by molar-refractivity contribution is 5.77. The molecule has 0 atom stereocenters. The molecule has 1 saturated carbocycles. The number of amides is 1. The van der Waals surface area contributed by atoms with Crippen molar-refractivity contribution in [1.29, 1.82) is 0 Å². The third-order valence-electron chi connectivity index (χ3n) is 3.51. The Bertz CT molecular complexity index is 226. The third-order valence-corrected chi connectivity index (χ3v) is 3.51. The summed E-state index contributed by atoms with van der Waals surface area (Å²) in [6, 6.07) is 0. The van der Waals surface area contributed by atoms with Gasteiger partial charge in [0.15, 0.2) is 0 Å². The van der Waals surface area contributed by atoms with E-state index < -0.39 is 25.4 Å². The molecule has 1 amide bonds. The summed E-state index contributed by atoms with van der Waals surface area (Å²) in [6.45, 7) is -1.39. The summed E-state index contributed by atoms with van der Waals surface area (Å²) in [7, 11) is 0. The summed E-state index contributed by atoms with van der Waals surface area (Å²) in [6.07, 6.45) is 6.13. The molecule has 0 unspecified atom stereocenters. The van der Waals surface area contributed by atoms with E-state index in [0.717, 1.165) is 12.8 Å². The quantitative estimate of drug-likeness (QED) is 0.521. The van der Waals surface area contributed by atoms with Gasteiger partial charge in [0.2, 0.25) is 5.91 Å². The van der Waals surface area contributed by atoms with Gasteiger partial charge in [-0.15, -0.1) is 0 Å². The van der Waals surface area contributed by atoms with Crippen molar-refractivity contribution in [1.82, 2.24) is 5.32 Å². The summed E-state index contributed by atoms with van der Waals surface area (Å²) < 4.78 is 0. The van der Waals surface area contributed by atoms with Gasteiger partial charge in [0, 0.05) is 6.42 Å². The first kappa shape index (κ1) is 14.4. The molecule has 100 valence electrons. The smallest absolute Gasteiger partial charge is 0.220 e. The van der Waals surface area contributed by atoms with Gasteiger partial charge in [-0.2, -0.15) is 0 Å². The van der Waals surface area contributed by atoms with Crippen LogP contribution in [0.1, 0.15) is 38.5 Å². The van der Waals surface area contributed by atoms with Crippen LogP contribution in [0.15, 0.2) is 0 Å². The van der Waals surface area contributed by atoms with Gasteiger partial charge in [-0.3, -0.25) is 4.79 Å². The predicted molar refractivity (Wildman–Crippen MR) is 63.3 cm³/mol. The van der Waals surface area contributed by atoms with Crippen molar-refractivity contribution in [2.45, 2.75) is 44.1 Å². The molecule has 4 N–H and O–H groups in total. The Morgan fingerprint density at radius 2 is 1.59 bits per heavy atom. The molecule has 0 bridgehead atoms. The van der Waals surface area contributed by atoms with Crippen LogP contribution in [-0.4, -0.2) is 46.6 Å². The van der Waals surface area contributed by atoms with E-state index in [-0.39, 0.29) is 5.91 Å². The van der Waals surface area contributed by atoms with E-state index in [9.17, 15) is 4.79 Å². The molecule has 1 fully saturated rings. The van der Waals surface area contributed by atoms with E-state index in [4.69, 9.17) is 15.3 Å². The van der Waals surface area contributed by atoms with Crippen molar-refractivity contribution in [2.75, 3.05) is 19.8 Å². The van der Waals surface area contributed by atoms with Crippen LogP contribution in [0.25, 0.3) is 0 Å². The molecular weight excluding hydrogens is 222 g/mol. The van der Waals surface area contributed by atoms with Gasteiger partial charge in [-0.25, -0.2) is 0 Å². The molecule has 1 aliphatic rings. The molecule has 0 radical (unpaired) electrons. The zero-order valence-electron chi connectivity index (χ0n) is 10.2. The van der Waals surface area contributed by atoms with Gasteiger partial charge >= 0.3 is 0 Å². The molecule has 5 heteroatoms. The molecule has 17 heavy (non-hydrogen) atoms. The molecule has 0 spiro atoms. The maximum atomic E-state index is 11.8. The lowest BCUT2D eigenvalue weighted by Crippen LogP contribution is -2.57. The lowest BCUT2D eigenvalue weighted by Gasteiger charge is -2.30. The Hall–Kier alpha value is -0.650. The minimum absolute atomic E-state index is 0.200. The maximum absolute atomic E-state index is 11.8. The van der Waals surface area contributed by atoms with Gasteiger partial charge in [0.1, 0.15) is 5.54 Å². The third kappa shape index (κ3) is 4.26. The van der Waals surface area contributed by atoms with E-state index in [1.165, 1.54) is 19.3 Å². The minimum Gasteiger partial charge on any atom is -0.394 e. The number of aliphatic hydroxyl groups is 3. The first-order chi connectivity index (χ1) is 8.15. The number of hydrogen-bond acceptors (Lipinski definition) is 4. The molecule has 1 aliphatic carbocycles. The lowest BCUT2D eigenvalue weighted by molar-refractivity contribution is -0.126. The highest BCUT2D eigenvalue weighted by Gasteiger charge is 2.30. The zero-order chi connectivity index (χ0) is 12.7. The van der Waals surface area contributed by atoms with Gasteiger partial charge in [-0.1, -0.05) is 19.3 Å². The number of hydrogen-bond donors (Lipinski definition) is 4. The van der Waals surface area contributed by atoms with E-state index >= 15 is 0 Å². The summed E-state index contributed by atoms with van der Waals surface area (Å²) in [5.41, 5.74) is -1.29. The Morgan fingerprint density at radius 1 is 1.06 bits per heavy atom. The summed E-state index contributed by atoms with van der Waals surface area (Å²) in [4.78, 5) is 11.8. The number of aliphatic hydroxyl groups excluding tert-OH is 3. The standard InChI is InChI=1S/C12H23NO4/c14-7-12(8-15,9-16)13-11(17)6-10-4-2-1-3-5-10/h10,14-16H,1-9H2,(H,13,17). The van der Waals surface area contributed by atoms with Crippen LogP contribution in [0.5, 0.6) is 0 Å². The minimum atomic E-state index is -1.29. The SMILES string of the molecule is O=C(CC1CCCCC1)NC(CO)(CO)CO. The fourth-order valence-electron chi connectivity index (χ4n) is 2.27. The van der Waals surface area contributed by atoms with Crippen LogP contribution < -0.4 is 5.32 Å². The molecule has 0 aromatic carbocycles. The number of carbonyl (C=O) groups excluding carboxylic acids is 1. The second-order valence-electron chi connectivity index (χ2n) is 5.01. The Balaban J connectivity index is 2.41. The van der Waals surface area contributed by atoms with Crippen molar-refractivity contribution >= 4 is 5.91 Å². The van der Waals surface area contributed by atoms with Gasteiger partial charge < -0.3 is 20.6 Å². The molecule has 5 nitrogen and oxygen atoms in total. The van der Waals surface area contributed by atoms with Crippen LogP contribution in [0, 0.1) is 5.92 Å². The Kier molecular flexibility index (Phi) is 5.88. The molecule has 1 rings (SSSR count). The topological polar surface area (TPSA) is 89.8 Å². The fourth-order valence-corrected chi connectivity index (χ4v) is 2.27. The van der Waals surface area contributed by atoms with Crippen molar-refractivity contribution in [3.63, 3.8) is 0 Å². The van der Waals surface area contributed by atoms with Gasteiger partial charge in [-0.05, 0) is 18.8 Å². The summed E-state index contributed by atoms with van der Waals surface area (Å²) in [5.74, 6) is 0.201. The molecule has 0 heterocycles. The van der Waals surface area contributed by atoms with Gasteiger partial charge in [0.05, 0.1) is 19.8 Å². The molecule has 0 aromatic heterocycles. The van der Waals surface area contributed by atoms with E-state index in [1.807, 2.05) is 0 Å². The predicted octanol–water partition coefficient (Wildman–Crippen LogP) is -0.211. The zero-order valence-corrected chi connectivity index (χ0v) is 10.2. The second-order valence-corrected chi connectivity index (χ2v) is 5.01. The monoisotopic (exact) mass is 245 g/mol.